The number of carbonyl (C=O) groups is 1. The lowest BCUT2D eigenvalue weighted by Crippen LogP contribution is -2.30. The molecule has 0 spiro atoms. The van der Waals surface area contributed by atoms with E-state index >= 15 is 0 Å². The number of anilines is 1. The van der Waals surface area contributed by atoms with E-state index < -0.39 is 0 Å². The molecule has 3 nitrogen and oxygen atoms in total. The molecule has 1 aromatic carbocycles. The molecule has 0 aliphatic rings. The maximum absolute atomic E-state index is 13.1. The first-order valence-electron chi connectivity index (χ1n) is 7.15. The zero-order valence-electron chi connectivity index (χ0n) is 12.1. The van der Waals surface area contributed by atoms with Crippen LogP contribution in [0.15, 0.2) is 48.8 Å². The molecule has 0 unspecified atom stereocenters. The molecule has 0 radical (unpaired) electrons. The Morgan fingerprint density at radius 1 is 1.24 bits per heavy atom. The summed E-state index contributed by atoms with van der Waals surface area (Å²) in [6.45, 7) is 2.50. The standard InChI is InChI=1S/C17H19FN2O/c1-2-3-6-17(21)20(13-14-5-4-11-19-12-14)16-9-7-15(18)8-10-16/h4-5,7-12H,2-3,6,13H2,1H3. The molecule has 0 saturated heterocycles. The summed E-state index contributed by atoms with van der Waals surface area (Å²) in [7, 11) is 0. The minimum atomic E-state index is -0.305. The second-order valence-electron chi connectivity index (χ2n) is 4.92. The second-order valence-corrected chi connectivity index (χ2v) is 4.92. The lowest BCUT2D eigenvalue weighted by Gasteiger charge is -2.23. The number of rotatable bonds is 6. The number of benzene rings is 1. The van der Waals surface area contributed by atoms with Gasteiger partial charge in [0.15, 0.2) is 0 Å². The maximum atomic E-state index is 13.1. The number of unbranched alkanes of at least 4 members (excludes halogenated alkanes) is 1. The molecule has 1 amide bonds. The fourth-order valence-corrected chi connectivity index (χ4v) is 2.08. The summed E-state index contributed by atoms with van der Waals surface area (Å²) in [5, 5.41) is 0. The number of hydrogen-bond acceptors (Lipinski definition) is 2. The molecular weight excluding hydrogens is 267 g/mol. The normalized spacial score (nSPS) is 10.4. The van der Waals surface area contributed by atoms with Gasteiger partial charge in [0.25, 0.3) is 0 Å². The summed E-state index contributed by atoms with van der Waals surface area (Å²) >= 11 is 0. The number of halogens is 1. The third-order valence-electron chi connectivity index (χ3n) is 3.25. The summed E-state index contributed by atoms with van der Waals surface area (Å²) in [6, 6.07) is 9.79. The smallest absolute Gasteiger partial charge is 0.227 e. The molecule has 2 aromatic rings. The highest BCUT2D eigenvalue weighted by Crippen LogP contribution is 2.19. The van der Waals surface area contributed by atoms with Crippen molar-refractivity contribution in [3.05, 3.63) is 60.2 Å². The van der Waals surface area contributed by atoms with Crippen LogP contribution in [0.1, 0.15) is 31.7 Å². The molecule has 1 heterocycles. The number of nitrogens with zero attached hydrogens (tertiary/aromatic N) is 2. The van der Waals surface area contributed by atoms with Gasteiger partial charge in [-0.1, -0.05) is 19.4 Å². The van der Waals surface area contributed by atoms with E-state index in [0.29, 0.717) is 18.7 Å². The van der Waals surface area contributed by atoms with Gasteiger partial charge in [-0.3, -0.25) is 9.78 Å². The van der Waals surface area contributed by atoms with Crippen molar-refractivity contribution in [2.45, 2.75) is 32.7 Å². The quantitative estimate of drug-likeness (QED) is 0.805. The lowest BCUT2D eigenvalue weighted by molar-refractivity contribution is -0.118. The highest BCUT2D eigenvalue weighted by molar-refractivity contribution is 5.93. The van der Waals surface area contributed by atoms with E-state index in [4.69, 9.17) is 0 Å². The maximum Gasteiger partial charge on any atom is 0.227 e. The summed E-state index contributed by atoms with van der Waals surface area (Å²) < 4.78 is 13.1. The van der Waals surface area contributed by atoms with Crippen LogP contribution in [-0.2, 0) is 11.3 Å². The Hall–Kier alpha value is -2.23. The summed E-state index contributed by atoms with van der Waals surface area (Å²) in [4.78, 5) is 18.2. The van der Waals surface area contributed by atoms with Gasteiger partial charge in [-0.2, -0.15) is 0 Å². The third-order valence-corrected chi connectivity index (χ3v) is 3.25. The van der Waals surface area contributed by atoms with Crippen molar-refractivity contribution in [3.8, 4) is 0 Å². The van der Waals surface area contributed by atoms with E-state index in [1.165, 1.54) is 12.1 Å². The Bertz CT molecular complexity index is 569. The van der Waals surface area contributed by atoms with E-state index in [1.807, 2.05) is 12.1 Å². The van der Waals surface area contributed by atoms with Crippen molar-refractivity contribution in [1.82, 2.24) is 4.98 Å². The lowest BCUT2D eigenvalue weighted by atomic mass is 10.2. The first-order chi connectivity index (χ1) is 10.2. The fraction of sp³-hybridized carbons (Fsp3) is 0.294. The molecule has 0 atom stereocenters. The van der Waals surface area contributed by atoms with Gasteiger partial charge >= 0.3 is 0 Å². The number of hydrogen-bond donors (Lipinski definition) is 0. The monoisotopic (exact) mass is 286 g/mol. The van der Waals surface area contributed by atoms with Crippen LogP contribution < -0.4 is 4.90 Å². The van der Waals surface area contributed by atoms with Crippen molar-refractivity contribution in [2.24, 2.45) is 0 Å². The molecule has 2 rings (SSSR count). The van der Waals surface area contributed by atoms with Gasteiger partial charge < -0.3 is 4.90 Å². The summed E-state index contributed by atoms with van der Waals surface area (Å²) in [5.41, 5.74) is 1.66. The van der Waals surface area contributed by atoms with E-state index in [2.05, 4.69) is 11.9 Å². The topological polar surface area (TPSA) is 33.2 Å². The predicted octanol–water partition coefficient (Wildman–Crippen LogP) is 3.94. The molecule has 0 fully saturated rings. The van der Waals surface area contributed by atoms with Crippen molar-refractivity contribution in [2.75, 3.05) is 4.90 Å². The van der Waals surface area contributed by atoms with Gasteiger partial charge in [-0.05, 0) is 42.3 Å². The highest BCUT2D eigenvalue weighted by Gasteiger charge is 2.15. The number of amides is 1. The Kier molecular flexibility index (Phi) is 5.43. The molecular formula is C17H19FN2O. The van der Waals surface area contributed by atoms with E-state index in [0.717, 1.165) is 18.4 Å². The Morgan fingerprint density at radius 3 is 2.62 bits per heavy atom. The second kappa shape index (κ2) is 7.53. The van der Waals surface area contributed by atoms with E-state index in [9.17, 15) is 9.18 Å². The fourth-order valence-electron chi connectivity index (χ4n) is 2.08. The number of aromatic nitrogens is 1. The van der Waals surface area contributed by atoms with Crippen LogP contribution in [0.5, 0.6) is 0 Å². The van der Waals surface area contributed by atoms with Crippen LogP contribution in [0, 0.1) is 5.82 Å². The van der Waals surface area contributed by atoms with Crippen molar-refractivity contribution < 1.29 is 9.18 Å². The van der Waals surface area contributed by atoms with Crippen LogP contribution >= 0.6 is 0 Å². The van der Waals surface area contributed by atoms with Gasteiger partial charge in [-0.25, -0.2) is 4.39 Å². The van der Waals surface area contributed by atoms with Crippen LogP contribution in [-0.4, -0.2) is 10.9 Å². The first kappa shape index (κ1) is 15.2. The largest absolute Gasteiger partial charge is 0.308 e. The zero-order valence-corrected chi connectivity index (χ0v) is 12.1. The van der Waals surface area contributed by atoms with Crippen LogP contribution in [0.4, 0.5) is 10.1 Å². The number of carbonyl (C=O) groups excluding carboxylic acids is 1. The average Bonchev–Trinajstić information content (AvgIpc) is 2.52. The molecule has 0 N–H and O–H groups in total. The van der Waals surface area contributed by atoms with E-state index in [-0.39, 0.29) is 11.7 Å². The first-order valence-corrected chi connectivity index (χ1v) is 7.15. The summed E-state index contributed by atoms with van der Waals surface area (Å²) in [6.07, 6.45) is 5.75. The van der Waals surface area contributed by atoms with E-state index in [1.54, 1.807) is 29.4 Å². The molecule has 4 heteroatoms. The molecule has 110 valence electrons. The minimum absolute atomic E-state index is 0.0484. The zero-order chi connectivity index (χ0) is 15.1. The highest BCUT2D eigenvalue weighted by atomic mass is 19.1. The van der Waals surface area contributed by atoms with Crippen molar-refractivity contribution >= 4 is 11.6 Å². The molecule has 0 bridgehead atoms. The van der Waals surface area contributed by atoms with Gasteiger partial charge in [0.1, 0.15) is 5.82 Å². The number of pyridine rings is 1. The molecule has 0 aliphatic carbocycles. The predicted molar refractivity (Wildman–Crippen MR) is 81.4 cm³/mol. The Morgan fingerprint density at radius 2 is 2.00 bits per heavy atom. The Balaban J connectivity index is 2.21. The van der Waals surface area contributed by atoms with Gasteiger partial charge in [0.05, 0.1) is 6.54 Å². The van der Waals surface area contributed by atoms with Gasteiger partial charge in [0.2, 0.25) is 5.91 Å². The van der Waals surface area contributed by atoms with Gasteiger partial charge in [0, 0.05) is 24.5 Å². The van der Waals surface area contributed by atoms with Crippen LogP contribution in [0.2, 0.25) is 0 Å². The molecule has 1 aromatic heterocycles. The minimum Gasteiger partial charge on any atom is -0.308 e. The molecule has 21 heavy (non-hydrogen) atoms. The van der Waals surface area contributed by atoms with Crippen LogP contribution in [0.3, 0.4) is 0 Å². The molecule has 0 aliphatic heterocycles. The van der Waals surface area contributed by atoms with Crippen molar-refractivity contribution in [1.29, 1.82) is 0 Å². The summed E-state index contributed by atoms with van der Waals surface area (Å²) in [5.74, 6) is -0.256. The van der Waals surface area contributed by atoms with Crippen LogP contribution in [0.25, 0.3) is 0 Å². The van der Waals surface area contributed by atoms with Gasteiger partial charge in [-0.15, -0.1) is 0 Å². The third kappa shape index (κ3) is 4.38. The molecule has 0 saturated carbocycles. The average molecular weight is 286 g/mol. The SMILES string of the molecule is CCCCC(=O)N(Cc1cccnc1)c1ccc(F)cc1. The van der Waals surface area contributed by atoms with Crippen molar-refractivity contribution in [3.63, 3.8) is 0 Å². The Labute approximate surface area is 124 Å².